The average molecular weight is 486 g/mol. The van der Waals surface area contributed by atoms with E-state index in [1.165, 1.54) is 0 Å². The number of pyridine rings is 1. The molecule has 0 atom stereocenters. The number of benzene rings is 1. The average Bonchev–Trinajstić information content (AvgIpc) is 3.37. The van der Waals surface area contributed by atoms with Gasteiger partial charge >= 0.3 is 0 Å². The minimum absolute atomic E-state index is 0.00923. The number of ether oxygens (including phenoxy) is 1. The predicted molar refractivity (Wildman–Crippen MR) is 134 cm³/mol. The molecule has 6 rings (SSSR count). The fourth-order valence-corrected chi connectivity index (χ4v) is 4.95. The zero-order valence-corrected chi connectivity index (χ0v) is 19.8. The van der Waals surface area contributed by atoms with Crippen LogP contribution in [0.3, 0.4) is 0 Å². The maximum atomic E-state index is 12.9. The predicted octanol–water partition coefficient (Wildman–Crippen LogP) is 2.91. The van der Waals surface area contributed by atoms with Crippen molar-refractivity contribution >= 4 is 22.8 Å². The molecule has 10 heteroatoms. The standard InChI is InChI=1S/C26H27N7O3/c34-21-5-1-3-18(15-21)23-29-24(31-11-13-36-14-12-31)22-17-28-33(25(22)30-23)20-6-9-32(10-7-20)26(35)19-4-2-8-27-16-19/h1-5,8,15-17,20,34H,6-7,9-14H2. The summed E-state index contributed by atoms with van der Waals surface area (Å²) in [5, 5.41) is 15.7. The van der Waals surface area contributed by atoms with E-state index in [4.69, 9.17) is 19.8 Å². The molecule has 0 saturated carbocycles. The largest absolute Gasteiger partial charge is 0.508 e. The van der Waals surface area contributed by atoms with Crippen molar-refractivity contribution in [1.82, 2.24) is 29.6 Å². The van der Waals surface area contributed by atoms with Gasteiger partial charge in [0.05, 0.1) is 36.4 Å². The monoisotopic (exact) mass is 485 g/mol. The third kappa shape index (κ3) is 4.24. The number of aromatic nitrogens is 5. The summed E-state index contributed by atoms with van der Waals surface area (Å²) in [4.78, 5) is 30.8. The van der Waals surface area contributed by atoms with Crippen LogP contribution < -0.4 is 4.90 Å². The highest BCUT2D eigenvalue weighted by atomic mass is 16.5. The molecule has 4 aromatic rings. The molecule has 1 amide bonds. The molecule has 1 N–H and O–H groups in total. The number of phenolic OH excluding ortho intramolecular Hbond substituents is 1. The second kappa shape index (κ2) is 9.54. The number of amides is 1. The van der Waals surface area contributed by atoms with Crippen LogP contribution in [0.1, 0.15) is 29.2 Å². The number of fused-ring (bicyclic) bond motifs is 1. The van der Waals surface area contributed by atoms with E-state index in [1.807, 2.05) is 21.8 Å². The van der Waals surface area contributed by atoms with Crippen LogP contribution in [0.4, 0.5) is 5.82 Å². The van der Waals surface area contributed by atoms with Gasteiger partial charge in [-0.3, -0.25) is 9.78 Å². The first-order valence-corrected chi connectivity index (χ1v) is 12.2. The Balaban J connectivity index is 1.33. The molecule has 0 radical (unpaired) electrons. The van der Waals surface area contributed by atoms with Gasteiger partial charge in [0, 0.05) is 44.1 Å². The maximum absolute atomic E-state index is 12.9. The van der Waals surface area contributed by atoms with E-state index < -0.39 is 0 Å². The molecular formula is C26H27N7O3. The van der Waals surface area contributed by atoms with Crippen molar-refractivity contribution in [3.05, 3.63) is 60.6 Å². The molecule has 0 aliphatic carbocycles. The van der Waals surface area contributed by atoms with E-state index in [9.17, 15) is 9.90 Å². The number of rotatable bonds is 4. The van der Waals surface area contributed by atoms with E-state index in [1.54, 1.807) is 42.7 Å². The lowest BCUT2D eigenvalue weighted by atomic mass is 10.0. The summed E-state index contributed by atoms with van der Waals surface area (Å²) in [6.45, 7) is 4.05. The lowest BCUT2D eigenvalue weighted by Crippen LogP contribution is -2.39. The van der Waals surface area contributed by atoms with Gasteiger partial charge in [-0.25, -0.2) is 14.6 Å². The van der Waals surface area contributed by atoms with Gasteiger partial charge in [-0.2, -0.15) is 5.10 Å². The third-order valence-electron chi connectivity index (χ3n) is 6.85. The quantitative estimate of drug-likeness (QED) is 0.470. The fourth-order valence-electron chi connectivity index (χ4n) is 4.95. The maximum Gasteiger partial charge on any atom is 0.255 e. The first-order chi connectivity index (χ1) is 17.7. The Morgan fingerprint density at radius 3 is 2.58 bits per heavy atom. The van der Waals surface area contributed by atoms with Crippen molar-refractivity contribution < 1.29 is 14.6 Å². The Kier molecular flexibility index (Phi) is 5.94. The molecule has 36 heavy (non-hydrogen) atoms. The fraction of sp³-hybridized carbons (Fsp3) is 0.346. The van der Waals surface area contributed by atoms with Crippen molar-refractivity contribution in [1.29, 1.82) is 0 Å². The number of anilines is 1. The van der Waals surface area contributed by atoms with E-state index >= 15 is 0 Å². The van der Waals surface area contributed by atoms with Crippen LogP contribution in [-0.4, -0.2) is 80.0 Å². The molecule has 2 aliphatic heterocycles. The molecule has 3 aromatic heterocycles. The summed E-state index contributed by atoms with van der Waals surface area (Å²) in [5.41, 5.74) is 2.12. The minimum atomic E-state index is 0.00923. The highest BCUT2D eigenvalue weighted by molar-refractivity contribution is 5.94. The number of piperidine rings is 1. The van der Waals surface area contributed by atoms with Crippen LogP contribution in [0.2, 0.25) is 0 Å². The Hall–Kier alpha value is -4.05. The summed E-state index contributed by atoms with van der Waals surface area (Å²) < 4.78 is 7.54. The number of phenols is 1. The molecule has 0 spiro atoms. The van der Waals surface area contributed by atoms with Gasteiger partial charge in [0.2, 0.25) is 0 Å². The number of carbonyl (C=O) groups is 1. The number of carbonyl (C=O) groups excluding carboxylic acids is 1. The van der Waals surface area contributed by atoms with Gasteiger partial charge in [0.1, 0.15) is 11.6 Å². The molecule has 1 aromatic carbocycles. The molecule has 0 unspecified atom stereocenters. The molecule has 184 valence electrons. The number of nitrogens with zero attached hydrogens (tertiary/aromatic N) is 7. The van der Waals surface area contributed by atoms with E-state index in [0.29, 0.717) is 37.7 Å². The Morgan fingerprint density at radius 2 is 1.83 bits per heavy atom. The highest BCUT2D eigenvalue weighted by Gasteiger charge is 2.28. The molecule has 10 nitrogen and oxygen atoms in total. The molecule has 2 aliphatic rings. The smallest absolute Gasteiger partial charge is 0.255 e. The topological polar surface area (TPSA) is 110 Å². The van der Waals surface area contributed by atoms with E-state index in [-0.39, 0.29) is 17.7 Å². The number of likely N-dealkylation sites (tertiary alicyclic amines) is 1. The van der Waals surface area contributed by atoms with E-state index in [0.717, 1.165) is 48.3 Å². The van der Waals surface area contributed by atoms with Crippen molar-refractivity contribution in [2.24, 2.45) is 0 Å². The van der Waals surface area contributed by atoms with Crippen molar-refractivity contribution in [3.8, 4) is 17.1 Å². The number of hydrogen-bond donors (Lipinski definition) is 1. The summed E-state index contributed by atoms with van der Waals surface area (Å²) in [6.07, 6.45) is 6.69. The first-order valence-electron chi connectivity index (χ1n) is 12.2. The van der Waals surface area contributed by atoms with Crippen LogP contribution >= 0.6 is 0 Å². The number of hydrogen-bond acceptors (Lipinski definition) is 8. The lowest BCUT2D eigenvalue weighted by molar-refractivity contribution is 0.0691. The van der Waals surface area contributed by atoms with Crippen LogP contribution in [0.15, 0.2) is 55.0 Å². The SMILES string of the molecule is O=C(c1cccnc1)N1CCC(n2ncc3c(N4CCOCC4)nc(-c4cccc(O)c4)nc32)CC1. The Morgan fingerprint density at radius 1 is 1.00 bits per heavy atom. The summed E-state index contributed by atoms with van der Waals surface area (Å²) in [5.74, 6) is 1.56. The Bertz CT molecular complexity index is 1380. The van der Waals surface area contributed by atoms with Gasteiger partial charge in [0.25, 0.3) is 5.91 Å². The number of aromatic hydroxyl groups is 1. The summed E-state index contributed by atoms with van der Waals surface area (Å²) >= 11 is 0. The second-order valence-electron chi connectivity index (χ2n) is 9.11. The minimum Gasteiger partial charge on any atom is -0.508 e. The van der Waals surface area contributed by atoms with Gasteiger partial charge in [-0.05, 0) is 37.1 Å². The molecule has 5 heterocycles. The zero-order valence-electron chi connectivity index (χ0n) is 19.8. The number of morpholine rings is 1. The van der Waals surface area contributed by atoms with Gasteiger partial charge in [-0.1, -0.05) is 12.1 Å². The molecule has 2 saturated heterocycles. The first kappa shape index (κ1) is 22.4. The van der Waals surface area contributed by atoms with Crippen molar-refractivity contribution in [3.63, 3.8) is 0 Å². The van der Waals surface area contributed by atoms with Crippen LogP contribution in [0.25, 0.3) is 22.4 Å². The zero-order chi connectivity index (χ0) is 24.5. The van der Waals surface area contributed by atoms with E-state index in [2.05, 4.69) is 9.88 Å². The van der Waals surface area contributed by atoms with Crippen LogP contribution in [0.5, 0.6) is 5.75 Å². The van der Waals surface area contributed by atoms with Gasteiger partial charge in [-0.15, -0.1) is 0 Å². The summed E-state index contributed by atoms with van der Waals surface area (Å²) in [6, 6.07) is 10.7. The van der Waals surface area contributed by atoms with Crippen LogP contribution in [-0.2, 0) is 4.74 Å². The van der Waals surface area contributed by atoms with Gasteiger partial charge < -0.3 is 19.6 Å². The summed E-state index contributed by atoms with van der Waals surface area (Å²) in [7, 11) is 0. The normalized spacial score (nSPS) is 17.0. The van der Waals surface area contributed by atoms with Gasteiger partial charge in [0.15, 0.2) is 11.5 Å². The molecule has 2 fully saturated rings. The van der Waals surface area contributed by atoms with Crippen molar-refractivity contribution in [2.75, 3.05) is 44.3 Å². The lowest BCUT2D eigenvalue weighted by Gasteiger charge is -2.32. The van der Waals surface area contributed by atoms with Crippen LogP contribution in [0, 0.1) is 0 Å². The highest BCUT2D eigenvalue weighted by Crippen LogP contribution is 2.32. The third-order valence-corrected chi connectivity index (χ3v) is 6.85. The molecular weight excluding hydrogens is 458 g/mol. The molecule has 0 bridgehead atoms. The van der Waals surface area contributed by atoms with Crippen molar-refractivity contribution in [2.45, 2.75) is 18.9 Å². The second-order valence-corrected chi connectivity index (χ2v) is 9.11. The Labute approximate surface area is 208 Å².